The summed E-state index contributed by atoms with van der Waals surface area (Å²) >= 11 is 5.93. The largest absolute Gasteiger partial charge is 0.364 e. The van der Waals surface area contributed by atoms with E-state index in [-0.39, 0.29) is 22.9 Å². The molecule has 1 aliphatic rings. The monoisotopic (exact) mass is 359 g/mol. The number of hydrogen-bond acceptors (Lipinski definition) is 3. The van der Waals surface area contributed by atoms with Crippen LogP contribution in [0.1, 0.15) is 34.5 Å². The molecule has 1 aliphatic heterocycles. The third-order valence-electron chi connectivity index (χ3n) is 4.46. The normalized spacial score (nSPS) is 18.1. The van der Waals surface area contributed by atoms with Crippen LogP contribution >= 0.6 is 11.6 Å². The van der Waals surface area contributed by atoms with Crippen LogP contribution in [0.2, 0.25) is 5.02 Å². The molecule has 2 N–H and O–H groups in total. The number of likely N-dealkylation sites (tertiary alicyclic amines) is 1. The van der Waals surface area contributed by atoms with E-state index in [0.29, 0.717) is 0 Å². The average molecular weight is 360 g/mol. The van der Waals surface area contributed by atoms with Crippen molar-refractivity contribution in [1.29, 1.82) is 0 Å². The van der Waals surface area contributed by atoms with Crippen molar-refractivity contribution in [1.82, 2.24) is 15.2 Å². The van der Waals surface area contributed by atoms with E-state index in [2.05, 4.69) is 15.2 Å². The molecular formula is C19H22ClN3O2. The summed E-state index contributed by atoms with van der Waals surface area (Å²) in [6.45, 7) is 4.39. The molecule has 1 aromatic heterocycles. The highest BCUT2D eigenvalue weighted by Gasteiger charge is 2.22. The zero-order valence-corrected chi connectivity index (χ0v) is 15.0. The number of carbonyl (C=O) groups excluding carboxylic acids is 1. The molecule has 1 aromatic carbocycles. The van der Waals surface area contributed by atoms with Gasteiger partial charge in [-0.15, -0.1) is 0 Å². The van der Waals surface area contributed by atoms with Gasteiger partial charge in [0.2, 0.25) is 0 Å². The number of pyridine rings is 1. The number of aromatic nitrogens is 1. The number of aromatic amines is 1. The molecule has 1 fully saturated rings. The summed E-state index contributed by atoms with van der Waals surface area (Å²) in [5.74, 6) is -0.306. The highest BCUT2D eigenvalue weighted by molar-refractivity contribution is 6.30. The standard InChI is InChI=1S/C19H22ClN3O2/c1-13-9-18(24)17(10-21-13)19(25)22-16-3-2-8-23(12-16)11-14-4-6-15(20)7-5-14/h4-7,9-10,16H,2-3,8,11-12H2,1H3,(H,21,24)(H,22,25)/t16-/m0/s1. The Bertz CT molecular complexity index is 801. The van der Waals surface area contributed by atoms with Gasteiger partial charge in [0.25, 0.3) is 5.91 Å². The molecule has 0 bridgehead atoms. The molecule has 25 heavy (non-hydrogen) atoms. The minimum Gasteiger partial charge on any atom is -0.364 e. The summed E-state index contributed by atoms with van der Waals surface area (Å²) in [6.07, 6.45) is 3.43. The molecule has 1 amide bonds. The number of carbonyl (C=O) groups is 1. The van der Waals surface area contributed by atoms with E-state index >= 15 is 0 Å². The lowest BCUT2D eigenvalue weighted by molar-refractivity contribution is 0.0899. The first-order valence-corrected chi connectivity index (χ1v) is 8.86. The van der Waals surface area contributed by atoms with E-state index in [1.807, 2.05) is 24.3 Å². The second-order valence-electron chi connectivity index (χ2n) is 6.57. The van der Waals surface area contributed by atoms with E-state index in [1.54, 1.807) is 6.92 Å². The van der Waals surface area contributed by atoms with Gasteiger partial charge in [0.05, 0.1) is 0 Å². The quantitative estimate of drug-likeness (QED) is 0.882. The second-order valence-corrected chi connectivity index (χ2v) is 7.00. The lowest BCUT2D eigenvalue weighted by Gasteiger charge is -2.33. The topological polar surface area (TPSA) is 65.2 Å². The van der Waals surface area contributed by atoms with Gasteiger partial charge in [-0.25, -0.2) is 0 Å². The minimum atomic E-state index is -0.306. The summed E-state index contributed by atoms with van der Waals surface area (Å²) in [5, 5.41) is 3.73. The van der Waals surface area contributed by atoms with E-state index in [0.717, 1.165) is 43.2 Å². The Morgan fingerprint density at radius 2 is 2.12 bits per heavy atom. The second kappa shape index (κ2) is 7.85. The van der Waals surface area contributed by atoms with E-state index in [9.17, 15) is 9.59 Å². The molecule has 1 saturated heterocycles. The number of aryl methyl sites for hydroxylation is 1. The SMILES string of the molecule is Cc1cc(=O)c(C(=O)N[C@H]2CCCN(Cc3ccc(Cl)cc3)C2)c[nH]1. The van der Waals surface area contributed by atoms with Crippen molar-refractivity contribution >= 4 is 17.5 Å². The number of halogens is 1. The van der Waals surface area contributed by atoms with Crippen molar-refractivity contribution in [3.05, 3.63) is 68.6 Å². The molecule has 132 valence electrons. The molecule has 5 nitrogen and oxygen atoms in total. The van der Waals surface area contributed by atoms with Gasteiger partial charge < -0.3 is 10.3 Å². The summed E-state index contributed by atoms with van der Waals surface area (Å²) < 4.78 is 0. The molecule has 6 heteroatoms. The van der Waals surface area contributed by atoms with Crippen LogP contribution in [0.25, 0.3) is 0 Å². The third-order valence-corrected chi connectivity index (χ3v) is 4.71. The first kappa shape index (κ1) is 17.7. The maximum Gasteiger partial charge on any atom is 0.257 e. The zero-order chi connectivity index (χ0) is 17.8. The molecule has 0 saturated carbocycles. The van der Waals surface area contributed by atoms with E-state index in [4.69, 9.17) is 11.6 Å². The number of H-pyrrole nitrogens is 1. The van der Waals surface area contributed by atoms with Crippen LogP contribution < -0.4 is 10.7 Å². The maximum absolute atomic E-state index is 12.4. The minimum absolute atomic E-state index is 0.0502. The molecule has 0 radical (unpaired) electrons. The van der Waals surface area contributed by atoms with Crippen LogP contribution in [0.3, 0.4) is 0 Å². The number of rotatable bonds is 4. The molecule has 0 aliphatic carbocycles. The summed E-state index contributed by atoms with van der Waals surface area (Å²) in [7, 11) is 0. The lowest BCUT2D eigenvalue weighted by Crippen LogP contribution is -2.48. The van der Waals surface area contributed by atoms with Gasteiger partial charge in [-0.1, -0.05) is 23.7 Å². The fraction of sp³-hybridized carbons (Fsp3) is 0.368. The van der Waals surface area contributed by atoms with Crippen molar-refractivity contribution in [2.75, 3.05) is 13.1 Å². The summed E-state index contributed by atoms with van der Waals surface area (Å²) in [6, 6.07) is 9.33. The summed E-state index contributed by atoms with van der Waals surface area (Å²) in [4.78, 5) is 29.6. The predicted octanol–water partition coefficient (Wildman–Crippen LogP) is 2.73. The smallest absolute Gasteiger partial charge is 0.257 e. The van der Waals surface area contributed by atoms with Crippen LogP contribution in [-0.4, -0.2) is 34.9 Å². The first-order chi connectivity index (χ1) is 12.0. The fourth-order valence-electron chi connectivity index (χ4n) is 3.18. The Morgan fingerprint density at radius 1 is 1.36 bits per heavy atom. The first-order valence-electron chi connectivity index (χ1n) is 8.48. The van der Waals surface area contributed by atoms with Crippen LogP contribution in [0.5, 0.6) is 0 Å². The van der Waals surface area contributed by atoms with Gasteiger partial charge in [-0.05, 0) is 44.0 Å². The summed E-state index contributed by atoms with van der Waals surface area (Å²) in [5.41, 5.74) is 1.86. The highest BCUT2D eigenvalue weighted by atomic mass is 35.5. The number of amides is 1. The molecule has 1 atom stereocenters. The lowest BCUT2D eigenvalue weighted by atomic mass is 10.0. The zero-order valence-electron chi connectivity index (χ0n) is 14.2. The Labute approximate surface area is 152 Å². The van der Waals surface area contributed by atoms with Crippen molar-refractivity contribution in [2.24, 2.45) is 0 Å². The van der Waals surface area contributed by atoms with E-state index in [1.165, 1.54) is 17.8 Å². The molecule has 0 unspecified atom stereocenters. The van der Waals surface area contributed by atoms with E-state index < -0.39 is 0 Å². The van der Waals surface area contributed by atoms with Gasteiger partial charge in [0.15, 0.2) is 5.43 Å². The van der Waals surface area contributed by atoms with Gasteiger partial charge in [0.1, 0.15) is 5.56 Å². The highest BCUT2D eigenvalue weighted by Crippen LogP contribution is 2.16. The number of piperidine rings is 1. The Kier molecular flexibility index (Phi) is 5.56. The molecule has 0 spiro atoms. The Morgan fingerprint density at radius 3 is 2.84 bits per heavy atom. The van der Waals surface area contributed by atoms with Crippen molar-refractivity contribution in [3.63, 3.8) is 0 Å². The Balaban J connectivity index is 1.60. The van der Waals surface area contributed by atoms with Gasteiger partial charge >= 0.3 is 0 Å². The van der Waals surface area contributed by atoms with Crippen LogP contribution in [0.4, 0.5) is 0 Å². The van der Waals surface area contributed by atoms with Crippen molar-refractivity contribution < 1.29 is 4.79 Å². The average Bonchev–Trinajstić information content (AvgIpc) is 2.57. The predicted molar refractivity (Wildman–Crippen MR) is 99.0 cm³/mol. The van der Waals surface area contributed by atoms with Crippen molar-refractivity contribution in [3.8, 4) is 0 Å². The van der Waals surface area contributed by atoms with Gasteiger partial charge in [-0.2, -0.15) is 0 Å². The molecule has 2 aromatic rings. The van der Waals surface area contributed by atoms with Gasteiger partial charge in [0, 0.05) is 42.1 Å². The number of hydrogen-bond donors (Lipinski definition) is 2. The fourth-order valence-corrected chi connectivity index (χ4v) is 3.30. The molecule has 3 rings (SSSR count). The number of benzene rings is 1. The molecular weight excluding hydrogens is 338 g/mol. The number of nitrogens with zero attached hydrogens (tertiary/aromatic N) is 1. The number of nitrogens with one attached hydrogen (secondary N) is 2. The van der Waals surface area contributed by atoms with Crippen molar-refractivity contribution in [2.45, 2.75) is 32.4 Å². The van der Waals surface area contributed by atoms with Crippen LogP contribution in [0, 0.1) is 6.92 Å². The van der Waals surface area contributed by atoms with Crippen LogP contribution in [0.15, 0.2) is 41.3 Å². The molecule has 2 heterocycles. The van der Waals surface area contributed by atoms with Crippen LogP contribution in [-0.2, 0) is 6.54 Å². The maximum atomic E-state index is 12.4. The Hall–Kier alpha value is -2.11. The van der Waals surface area contributed by atoms with Gasteiger partial charge in [-0.3, -0.25) is 14.5 Å². The third kappa shape index (κ3) is 4.71.